The quantitative estimate of drug-likeness (QED) is 0.548. The third-order valence-electron chi connectivity index (χ3n) is 2.52. The van der Waals surface area contributed by atoms with Crippen molar-refractivity contribution >= 4 is 0 Å². The summed E-state index contributed by atoms with van der Waals surface area (Å²) >= 11 is 0. The molecule has 1 N–H and O–H groups in total. The van der Waals surface area contributed by atoms with Crippen molar-refractivity contribution in [3.8, 4) is 0 Å². The molecule has 0 radical (unpaired) electrons. The van der Waals surface area contributed by atoms with Crippen molar-refractivity contribution in [1.82, 2.24) is 10.2 Å². The van der Waals surface area contributed by atoms with Gasteiger partial charge in [0.1, 0.15) is 6.23 Å². The second kappa shape index (κ2) is 2.19. The van der Waals surface area contributed by atoms with Crippen molar-refractivity contribution in [2.24, 2.45) is 0 Å². The van der Waals surface area contributed by atoms with Gasteiger partial charge in [0.2, 0.25) is 0 Å². The number of rotatable bonds is 0. The van der Waals surface area contributed by atoms with Crippen LogP contribution in [0.2, 0.25) is 0 Å². The largest absolute Gasteiger partial charge is 0.360 e. The summed E-state index contributed by atoms with van der Waals surface area (Å²) in [6.45, 7) is 8.61. The lowest BCUT2D eigenvalue weighted by molar-refractivity contribution is -0.117. The average molecular weight is 156 g/mol. The average Bonchev–Trinajstić information content (AvgIpc) is 2.05. The Morgan fingerprint density at radius 2 is 2.18 bits per heavy atom. The van der Waals surface area contributed by atoms with Crippen molar-refractivity contribution in [1.29, 1.82) is 0 Å². The van der Waals surface area contributed by atoms with Crippen LogP contribution in [0.3, 0.4) is 0 Å². The van der Waals surface area contributed by atoms with Crippen LogP contribution in [0.1, 0.15) is 20.8 Å². The van der Waals surface area contributed by atoms with E-state index in [4.69, 9.17) is 4.74 Å². The maximum atomic E-state index is 5.33. The molecule has 0 aromatic carbocycles. The highest BCUT2D eigenvalue weighted by Crippen LogP contribution is 2.28. The van der Waals surface area contributed by atoms with Crippen LogP contribution in [0.15, 0.2) is 0 Å². The molecule has 3 nitrogen and oxygen atoms in total. The number of nitrogens with one attached hydrogen (secondary N) is 1. The molecule has 11 heavy (non-hydrogen) atoms. The number of hydrogen-bond donors (Lipinski definition) is 1. The fourth-order valence-electron chi connectivity index (χ4n) is 1.77. The molecule has 0 saturated carbocycles. The van der Waals surface area contributed by atoms with Crippen LogP contribution in [0.25, 0.3) is 0 Å². The molecule has 2 atom stereocenters. The topological polar surface area (TPSA) is 24.5 Å². The molecule has 2 saturated heterocycles. The van der Waals surface area contributed by atoms with E-state index in [2.05, 4.69) is 31.0 Å². The second-order valence-corrected chi connectivity index (χ2v) is 4.32. The highest BCUT2D eigenvalue weighted by atomic mass is 16.5. The summed E-state index contributed by atoms with van der Waals surface area (Å²) in [5, 5.41) is 3.32. The van der Waals surface area contributed by atoms with Gasteiger partial charge < -0.3 is 4.74 Å². The first-order valence-corrected chi connectivity index (χ1v) is 4.21. The zero-order valence-corrected chi connectivity index (χ0v) is 7.42. The summed E-state index contributed by atoms with van der Waals surface area (Å²) in [7, 11) is 0. The molecule has 0 aromatic rings. The molecule has 2 aliphatic rings. The van der Waals surface area contributed by atoms with Gasteiger partial charge in [-0.05, 0) is 20.8 Å². The van der Waals surface area contributed by atoms with Gasteiger partial charge in [-0.1, -0.05) is 0 Å². The van der Waals surface area contributed by atoms with Crippen molar-refractivity contribution < 1.29 is 4.74 Å². The van der Waals surface area contributed by atoms with Crippen molar-refractivity contribution in [3.05, 3.63) is 0 Å². The lowest BCUT2D eigenvalue weighted by Crippen LogP contribution is -2.56. The Labute approximate surface area is 67.7 Å². The lowest BCUT2D eigenvalue weighted by atomic mass is 10.0. The smallest absolute Gasteiger partial charge is 0.127 e. The predicted octanol–water partition coefficient (Wildman–Crippen LogP) is 0.372. The van der Waals surface area contributed by atoms with Gasteiger partial charge in [-0.2, -0.15) is 0 Å². The molecule has 2 aliphatic heterocycles. The number of nitrogens with zero attached hydrogens (tertiary/aromatic N) is 1. The summed E-state index contributed by atoms with van der Waals surface area (Å²) in [5.41, 5.74) is 0.274. The Morgan fingerprint density at radius 3 is 2.45 bits per heavy atom. The minimum atomic E-state index is 0.274. The zero-order chi connectivity index (χ0) is 8.06. The summed E-state index contributed by atoms with van der Waals surface area (Å²) in [5.74, 6) is 0. The molecule has 0 bridgehead atoms. The standard InChI is InChI=1S/C8H16N2O/c1-8(2,3)10-5-9-7-6(10)4-11-7/h6-7,9H,4-5H2,1-3H3. The van der Waals surface area contributed by atoms with Gasteiger partial charge in [0.15, 0.2) is 0 Å². The van der Waals surface area contributed by atoms with Gasteiger partial charge in [0, 0.05) is 5.54 Å². The molecule has 2 fully saturated rings. The van der Waals surface area contributed by atoms with Crippen LogP contribution in [0.4, 0.5) is 0 Å². The van der Waals surface area contributed by atoms with E-state index in [1.54, 1.807) is 0 Å². The fraction of sp³-hybridized carbons (Fsp3) is 1.00. The molecule has 64 valence electrons. The molecule has 0 aliphatic carbocycles. The highest BCUT2D eigenvalue weighted by Gasteiger charge is 2.45. The molecule has 2 heterocycles. The zero-order valence-electron chi connectivity index (χ0n) is 7.42. The summed E-state index contributed by atoms with van der Waals surface area (Å²) < 4.78 is 5.33. The van der Waals surface area contributed by atoms with E-state index in [0.717, 1.165) is 13.3 Å². The molecule has 2 rings (SSSR count). The lowest BCUT2D eigenvalue weighted by Gasteiger charge is -2.41. The SMILES string of the molecule is CC(C)(C)N1CNC2OCC21. The third-order valence-corrected chi connectivity index (χ3v) is 2.52. The van der Waals surface area contributed by atoms with Gasteiger partial charge in [-0.25, -0.2) is 0 Å². The summed E-state index contributed by atoms with van der Waals surface area (Å²) in [6.07, 6.45) is 0.314. The number of ether oxygens (including phenoxy) is 1. The van der Waals surface area contributed by atoms with Gasteiger partial charge >= 0.3 is 0 Å². The molecule has 0 aromatic heterocycles. The molecule has 0 spiro atoms. The van der Waals surface area contributed by atoms with Gasteiger partial charge in [0.05, 0.1) is 19.3 Å². The highest BCUT2D eigenvalue weighted by molar-refractivity contribution is 4.96. The van der Waals surface area contributed by atoms with E-state index >= 15 is 0 Å². The Bertz CT molecular complexity index is 164. The normalized spacial score (nSPS) is 38.5. The first kappa shape index (κ1) is 7.53. The van der Waals surface area contributed by atoms with E-state index in [-0.39, 0.29) is 5.54 Å². The van der Waals surface area contributed by atoms with E-state index in [0.29, 0.717) is 12.3 Å². The fourth-order valence-corrected chi connectivity index (χ4v) is 1.77. The third kappa shape index (κ3) is 1.08. The first-order valence-electron chi connectivity index (χ1n) is 4.21. The maximum Gasteiger partial charge on any atom is 0.127 e. The number of hydrogen-bond acceptors (Lipinski definition) is 3. The van der Waals surface area contributed by atoms with Crippen LogP contribution < -0.4 is 5.32 Å². The second-order valence-electron chi connectivity index (χ2n) is 4.32. The summed E-state index contributed by atoms with van der Waals surface area (Å²) in [4.78, 5) is 2.46. The Morgan fingerprint density at radius 1 is 1.45 bits per heavy atom. The van der Waals surface area contributed by atoms with E-state index in [1.807, 2.05) is 0 Å². The first-order chi connectivity index (χ1) is 5.09. The van der Waals surface area contributed by atoms with Gasteiger partial charge in [0.25, 0.3) is 0 Å². The van der Waals surface area contributed by atoms with Crippen LogP contribution in [-0.2, 0) is 4.74 Å². The minimum Gasteiger partial charge on any atom is -0.360 e. The Kier molecular flexibility index (Phi) is 1.50. The van der Waals surface area contributed by atoms with Crippen LogP contribution in [0.5, 0.6) is 0 Å². The van der Waals surface area contributed by atoms with Gasteiger partial charge in [-0.3, -0.25) is 10.2 Å². The van der Waals surface area contributed by atoms with Crippen molar-refractivity contribution in [3.63, 3.8) is 0 Å². The predicted molar refractivity (Wildman–Crippen MR) is 43.1 cm³/mol. The van der Waals surface area contributed by atoms with Gasteiger partial charge in [-0.15, -0.1) is 0 Å². The monoisotopic (exact) mass is 156 g/mol. The van der Waals surface area contributed by atoms with Crippen LogP contribution in [-0.4, -0.2) is 36.0 Å². The van der Waals surface area contributed by atoms with E-state index in [1.165, 1.54) is 0 Å². The van der Waals surface area contributed by atoms with E-state index in [9.17, 15) is 0 Å². The number of fused-ring (bicyclic) bond motifs is 1. The molecular formula is C8H16N2O. The molecular weight excluding hydrogens is 140 g/mol. The van der Waals surface area contributed by atoms with Crippen LogP contribution in [0, 0.1) is 0 Å². The Balaban J connectivity index is 2.05. The minimum absolute atomic E-state index is 0.274. The van der Waals surface area contributed by atoms with Crippen molar-refractivity contribution in [2.45, 2.75) is 38.6 Å². The van der Waals surface area contributed by atoms with Crippen molar-refractivity contribution in [2.75, 3.05) is 13.3 Å². The maximum absolute atomic E-state index is 5.33. The molecule has 0 amide bonds. The Hall–Kier alpha value is -0.120. The van der Waals surface area contributed by atoms with Crippen LogP contribution >= 0.6 is 0 Å². The summed E-state index contributed by atoms with van der Waals surface area (Å²) in [6, 6.07) is 0.620. The van der Waals surface area contributed by atoms with E-state index < -0.39 is 0 Å². The molecule has 2 unspecified atom stereocenters. The molecule has 3 heteroatoms.